The lowest BCUT2D eigenvalue weighted by molar-refractivity contribution is -0.141. The molecule has 0 spiro atoms. The van der Waals surface area contributed by atoms with E-state index in [-0.39, 0.29) is 11.5 Å². The minimum absolute atomic E-state index is 0.203. The summed E-state index contributed by atoms with van der Waals surface area (Å²) >= 11 is 0. The summed E-state index contributed by atoms with van der Waals surface area (Å²) in [5.41, 5.74) is -0.573. The number of likely N-dealkylation sites (tertiary alicyclic amines) is 1. The van der Waals surface area contributed by atoms with Crippen molar-refractivity contribution in [1.82, 2.24) is 4.90 Å². The minimum Gasteiger partial charge on any atom is -0.449 e. The highest BCUT2D eigenvalue weighted by Crippen LogP contribution is 2.18. The predicted molar refractivity (Wildman–Crippen MR) is 92.3 cm³/mol. The smallest absolute Gasteiger partial charge is 0.351 e. The van der Waals surface area contributed by atoms with E-state index in [1.807, 2.05) is 0 Å². The molecule has 132 valence electrons. The van der Waals surface area contributed by atoms with Gasteiger partial charge in [0.15, 0.2) is 6.10 Å². The normalized spacial score (nSPS) is 16.6. The molecule has 0 saturated carbocycles. The van der Waals surface area contributed by atoms with E-state index >= 15 is 0 Å². The van der Waals surface area contributed by atoms with Gasteiger partial charge in [0.1, 0.15) is 11.1 Å². The Balaban J connectivity index is 1.72. The van der Waals surface area contributed by atoms with Gasteiger partial charge in [-0.25, -0.2) is 9.59 Å². The molecule has 0 unspecified atom stereocenters. The molecule has 1 atom stereocenters. The molecule has 1 aliphatic heterocycles. The number of carbonyl (C=O) groups is 2. The number of para-hydroxylation sites is 1. The van der Waals surface area contributed by atoms with Crippen molar-refractivity contribution in [2.24, 2.45) is 5.92 Å². The highest BCUT2D eigenvalue weighted by Gasteiger charge is 2.28. The average Bonchev–Trinajstić information content (AvgIpc) is 2.61. The third-order valence-electron chi connectivity index (χ3n) is 4.59. The van der Waals surface area contributed by atoms with Gasteiger partial charge in [-0.05, 0) is 37.8 Å². The van der Waals surface area contributed by atoms with Crippen molar-refractivity contribution >= 4 is 22.8 Å². The number of esters is 1. The molecule has 1 fully saturated rings. The summed E-state index contributed by atoms with van der Waals surface area (Å²) in [5, 5.41) is 0.623. The van der Waals surface area contributed by atoms with E-state index < -0.39 is 17.7 Å². The van der Waals surface area contributed by atoms with Gasteiger partial charge in [0.05, 0.1) is 0 Å². The lowest BCUT2D eigenvalue weighted by atomic mass is 9.99. The topological polar surface area (TPSA) is 76.8 Å². The SMILES string of the molecule is CC1CCN(C(=O)[C@@H](C)OC(=O)c2cc3ccccc3oc2=O)CC1. The maximum absolute atomic E-state index is 12.4. The molecule has 6 heteroatoms. The number of rotatable bonds is 3. The summed E-state index contributed by atoms with van der Waals surface area (Å²) in [5.74, 6) is -0.472. The molecule has 1 aliphatic rings. The number of amides is 1. The zero-order chi connectivity index (χ0) is 18.0. The molecule has 6 nitrogen and oxygen atoms in total. The van der Waals surface area contributed by atoms with Crippen LogP contribution in [0.2, 0.25) is 0 Å². The van der Waals surface area contributed by atoms with E-state index in [4.69, 9.17) is 9.15 Å². The van der Waals surface area contributed by atoms with Crippen LogP contribution >= 0.6 is 0 Å². The maximum Gasteiger partial charge on any atom is 0.351 e. The average molecular weight is 343 g/mol. The third-order valence-corrected chi connectivity index (χ3v) is 4.59. The van der Waals surface area contributed by atoms with Crippen LogP contribution in [0.15, 0.2) is 39.5 Å². The summed E-state index contributed by atoms with van der Waals surface area (Å²) < 4.78 is 10.4. The molecule has 0 bridgehead atoms. The molecule has 1 aromatic carbocycles. The van der Waals surface area contributed by atoms with Crippen LogP contribution in [0.5, 0.6) is 0 Å². The van der Waals surface area contributed by atoms with Crippen molar-refractivity contribution in [3.8, 4) is 0 Å². The number of benzene rings is 1. The Morgan fingerprint density at radius 3 is 2.64 bits per heavy atom. The highest BCUT2D eigenvalue weighted by atomic mass is 16.5. The second-order valence-electron chi connectivity index (χ2n) is 6.54. The van der Waals surface area contributed by atoms with Crippen LogP contribution in [0, 0.1) is 5.92 Å². The van der Waals surface area contributed by atoms with Gasteiger partial charge < -0.3 is 14.1 Å². The fraction of sp³-hybridized carbons (Fsp3) is 0.421. The standard InChI is InChI=1S/C19H21NO5/c1-12-7-9-20(10-8-12)17(21)13(2)24-18(22)15-11-14-5-3-4-6-16(14)25-19(15)23/h3-6,11-13H,7-10H2,1-2H3/t13-/m1/s1. The van der Waals surface area contributed by atoms with Crippen LogP contribution in [0.25, 0.3) is 11.0 Å². The number of piperidine rings is 1. The van der Waals surface area contributed by atoms with Crippen molar-refractivity contribution in [1.29, 1.82) is 0 Å². The van der Waals surface area contributed by atoms with Gasteiger partial charge in [0.25, 0.3) is 5.91 Å². The van der Waals surface area contributed by atoms with E-state index in [0.29, 0.717) is 30.0 Å². The molecular formula is C19H21NO5. The first-order valence-electron chi connectivity index (χ1n) is 8.48. The lowest BCUT2D eigenvalue weighted by Crippen LogP contribution is -2.44. The quantitative estimate of drug-likeness (QED) is 0.632. The van der Waals surface area contributed by atoms with Crippen molar-refractivity contribution in [2.75, 3.05) is 13.1 Å². The van der Waals surface area contributed by atoms with Crippen LogP contribution in [0.3, 0.4) is 0 Å². The third kappa shape index (κ3) is 3.73. The Hall–Kier alpha value is -2.63. The highest BCUT2D eigenvalue weighted by molar-refractivity contribution is 5.94. The van der Waals surface area contributed by atoms with Crippen molar-refractivity contribution in [3.05, 3.63) is 46.3 Å². The number of ether oxygens (including phenoxy) is 1. The summed E-state index contributed by atoms with van der Waals surface area (Å²) in [6.45, 7) is 5.02. The fourth-order valence-electron chi connectivity index (χ4n) is 2.96. The molecule has 1 saturated heterocycles. The number of nitrogens with zero attached hydrogens (tertiary/aromatic N) is 1. The van der Waals surface area contributed by atoms with Gasteiger partial charge >= 0.3 is 11.6 Å². The Morgan fingerprint density at radius 1 is 1.24 bits per heavy atom. The monoisotopic (exact) mass is 343 g/mol. The van der Waals surface area contributed by atoms with Crippen LogP contribution in [0.4, 0.5) is 0 Å². The van der Waals surface area contributed by atoms with Gasteiger partial charge in [-0.1, -0.05) is 25.1 Å². The van der Waals surface area contributed by atoms with Gasteiger partial charge in [-0.2, -0.15) is 0 Å². The second kappa shape index (κ2) is 7.09. The first-order valence-corrected chi connectivity index (χ1v) is 8.48. The zero-order valence-corrected chi connectivity index (χ0v) is 14.4. The number of hydrogen-bond donors (Lipinski definition) is 0. The van der Waals surface area contributed by atoms with E-state index in [2.05, 4.69) is 6.92 Å². The Labute approximate surface area is 145 Å². The molecule has 0 aliphatic carbocycles. The summed E-state index contributed by atoms with van der Waals surface area (Å²) in [7, 11) is 0. The first-order chi connectivity index (χ1) is 12.0. The van der Waals surface area contributed by atoms with Gasteiger partial charge in [0, 0.05) is 18.5 Å². The maximum atomic E-state index is 12.4. The summed E-state index contributed by atoms with van der Waals surface area (Å²) in [4.78, 5) is 38.4. The van der Waals surface area contributed by atoms with E-state index in [0.717, 1.165) is 12.8 Å². The minimum atomic E-state index is -0.938. The molecule has 1 amide bonds. The molecular weight excluding hydrogens is 322 g/mol. The molecule has 2 heterocycles. The van der Waals surface area contributed by atoms with E-state index in [9.17, 15) is 14.4 Å². The van der Waals surface area contributed by atoms with Gasteiger partial charge in [-0.3, -0.25) is 4.79 Å². The lowest BCUT2D eigenvalue weighted by Gasteiger charge is -2.31. The van der Waals surface area contributed by atoms with Crippen LogP contribution in [0.1, 0.15) is 37.0 Å². The van der Waals surface area contributed by atoms with E-state index in [1.165, 1.54) is 13.0 Å². The predicted octanol–water partition coefficient (Wildman–Crippen LogP) is 2.60. The molecule has 0 radical (unpaired) electrons. The van der Waals surface area contributed by atoms with Crippen molar-refractivity contribution in [2.45, 2.75) is 32.8 Å². The van der Waals surface area contributed by atoms with Crippen molar-refractivity contribution < 1.29 is 18.7 Å². The summed E-state index contributed by atoms with van der Waals surface area (Å²) in [6.07, 6.45) is 0.952. The van der Waals surface area contributed by atoms with Crippen molar-refractivity contribution in [3.63, 3.8) is 0 Å². The Kier molecular flexibility index (Phi) is 4.88. The molecule has 1 aromatic heterocycles. The fourth-order valence-corrected chi connectivity index (χ4v) is 2.96. The molecule has 0 N–H and O–H groups in total. The largest absolute Gasteiger partial charge is 0.449 e. The number of hydrogen-bond acceptors (Lipinski definition) is 5. The molecule has 3 rings (SSSR count). The number of fused-ring (bicyclic) bond motifs is 1. The molecule has 25 heavy (non-hydrogen) atoms. The van der Waals surface area contributed by atoms with Crippen LogP contribution < -0.4 is 5.63 Å². The summed E-state index contributed by atoms with van der Waals surface area (Å²) in [6, 6.07) is 8.33. The van der Waals surface area contributed by atoms with Gasteiger partial charge in [0.2, 0.25) is 0 Å². The van der Waals surface area contributed by atoms with Gasteiger partial charge in [-0.15, -0.1) is 0 Å². The van der Waals surface area contributed by atoms with E-state index in [1.54, 1.807) is 29.2 Å². The van der Waals surface area contributed by atoms with Crippen LogP contribution in [-0.2, 0) is 9.53 Å². The number of carbonyl (C=O) groups excluding carboxylic acids is 2. The first kappa shape index (κ1) is 17.2. The molecule has 2 aromatic rings. The Bertz CT molecular complexity index is 848. The zero-order valence-electron chi connectivity index (χ0n) is 14.4. The Morgan fingerprint density at radius 2 is 1.92 bits per heavy atom. The second-order valence-corrected chi connectivity index (χ2v) is 6.54. The van der Waals surface area contributed by atoms with Crippen LogP contribution in [-0.4, -0.2) is 36.0 Å².